The molecule has 0 aliphatic heterocycles. The summed E-state index contributed by atoms with van der Waals surface area (Å²) in [4.78, 5) is 24.2. The van der Waals surface area contributed by atoms with E-state index in [1.807, 2.05) is 45.9 Å². The van der Waals surface area contributed by atoms with Crippen LogP contribution in [0, 0.1) is 19.3 Å². The highest BCUT2D eigenvalue weighted by atomic mass is 16.2. The quantitative estimate of drug-likeness (QED) is 0.874. The van der Waals surface area contributed by atoms with Gasteiger partial charge in [-0.15, -0.1) is 0 Å². The Hall–Kier alpha value is -1.84. The van der Waals surface area contributed by atoms with Crippen molar-refractivity contribution in [3.8, 4) is 0 Å². The molecule has 0 fully saturated rings. The molecule has 0 aliphatic rings. The smallest absolute Gasteiger partial charge is 0.251 e. The zero-order valence-electron chi connectivity index (χ0n) is 15.5. The van der Waals surface area contributed by atoms with Crippen LogP contribution in [0.3, 0.4) is 0 Å². The lowest BCUT2D eigenvalue weighted by molar-refractivity contribution is -0.122. The van der Waals surface area contributed by atoms with Crippen molar-refractivity contribution in [3.63, 3.8) is 0 Å². The number of aryl methyl sites for hydroxylation is 2. The highest BCUT2D eigenvalue weighted by Crippen LogP contribution is 2.26. The molecular formula is C19H30N2O2. The Morgan fingerprint density at radius 2 is 1.48 bits per heavy atom. The van der Waals surface area contributed by atoms with Crippen LogP contribution in [0.2, 0.25) is 0 Å². The Morgan fingerprint density at radius 3 is 1.96 bits per heavy atom. The van der Waals surface area contributed by atoms with Gasteiger partial charge in [-0.25, -0.2) is 0 Å². The summed E-state index contributed by atoms with van der Waals surface area (Å²) in [6, 6.07) is 5.66. The second kappa shape index (κ2) is 7.16. The molecule has 0 aromatic heterocycles. The third-order valence-electron chi connectivity index (χ3n) is 3.34. The first-order valence-electron chi connectivity index (χ1n) is 8.05. The third-order valence-corrected chi connectivity index (χ3v) is 3.34. The summed E-state index contributed by atoms with van der Waals surface area (Å²) in [7, 11) is 0. The maximum Gasteiger partial charge on any atom is 0.251 e. The average Bonchev–Trinajstić information content (AvgIpc) is 2.30. The normalized spacial score (nSPS) is 12.0. The number of hydrogen-bond acceptors (Lipinski definition) is 2. The van der Waals surface area contributed by atoms with Crippen molar-refractivity contribution in [3.05, 3.63) is 34.9 Å². The number of nitrogens with one attached hydrogen (secondary N) is 2. The van der Waals surface area contributed by atoms with E-state index in [0.717, 1.165) is 17.5 Å². The Bertz CT molecular complexity index is 563. The van der Waals surface area contributed by atoms with Crippen molar-refractivity contribution in [1.29, 1.82) is 0 Å². The van der Waals surface area contributed by atoms with E-state index in [2.05, 4.69) is 31.4 Å². The number of carbonyl (C=O) groups is 2. The van der Waals surface area contributed by atoms with Crippen LogP contribution in [0.1, 0.15) is 62.5 Å². The predicted molar refractivity (Wildman–Crippen MR) is 94.5 cm³/mol. The SMILES string of the molecule is Cc1cc(C)cc(C(=O)NCC(=O)NC(C)(C)CC(C)(C)C)c1. The van der Waals surface area contributed by atoms with Crippen molar-refractivity contribution in [1.82, 2.24) is 10.6 Å². The lowest BCUT2D eigenvalue weighted by Gasteiger charge is -2.33. The van der Waals surface area contributed by atoms with Gasteiger partial charge in [0, 0.05) is 11.1 Å². The molecule has 0 unspecified atom stereocenters. The van der Waals surface area contributed by atoms with Crippen LogP contribution in [-0.2, 0) is 4.79 Å². The fourth-order valence-corrected chi connectivity index (χ4v) is 3.16. The number of hydrogen-bond donors (Lipinski definition) is 2. The molecule has 0 atom stereocenters. The maximum absolute atomic E-state index is 12.2. The molecule has 0 saturated carbocycles. The van der Waals surface area contributed by atoms with Gasteiger partial charge in [-0.3, -0.25) is 9.59 Å². The molecular weight excluding hydrogens is 288 g/mol. The van der Waals surface area contributed by atoms with Crippen LogP contribution in [-0.4, -0.2) is 23.9 Å². The Morgan fingerprint density at radius 1 is 0.957 bits per heavy atom. The molecule has 23 heavy (non-hydrogen) atoms. The molecule has 0 saturated heterocycles. The number of benzene rings is 1. The van der Waals surface area contributed by atoms with Crippen molar-refractivity contribution in [2.24, 2.45) is 5.41 Å². The predicted octanol–water partition coefficient (Wildman–Crippen LogP) is 3.36. The van der Waals surface area contributed by atoms with E-state index in [1.54, 1.807) is 0 Å². The van der Waals surface area contributed by atoms with Crippen molar-refractivity contribution < 1.29 is 9.59 Å². The number of rotatable bonds is 5. The Labute approximate surface area is 140 Å². The van der Waals surface area contributed by atoms with E-state index in [1.165, 1.54) is 0 Å². The van der Waals surface area contributed by atoms with Crippen molar-refractivity contribution in [2.45, 2.75) is 60.4 Å². The molecule has 2 amide bonds. The molecule has 0 heterocycles. The first-order chi connectivity index (χ1) is 10.4. The molecule has 1 aromatic rings. The fraction of sp³-hybridized carbons (Fsp3) is 0.579. The molecule has 128 valence electrons. The molecule has 1 aromatic carbocycles. The van der Waals surface area contributed by atoms with Crippen molar-refractivity contribution in [2.75, 3.05) is 6.54 Å². The van der Waals surface area contributed by atoms with Gasteiger partial charge in [0.05, 0.1) is 6.54 Å². The molecule has 1 rings (SSSR count). The number of amides is 2. The molecule has 4 heteroatoms. The van der Waals surface area contributed by atoms with Gasteiger partial charge in [0.25, 0.3) is 5.91 Å². The maximum atomic E-state index is 12.2. The fourth-order valence-electron chi connectivity index (χ4n) is 3.16. The summed E-state index contributed by atoms with van der Waals surface area (Å²) < 4.78 is 0. The Balaban J connectivity index is 2.57. The minimum atomic E-state index is -0.306. The van der Waals surface area contributed by atoms with Gasteiger partial charge in [-0.05, 0) is 51.7 Å². The summed E-state index contributed by atoms with van der Waals surface area (Å²) in [6.45, 7) is 14.3. The monoisotopic (exact) mass is 318 g/mol. The second-order valence-electron chi connectivity index (χ2n) is 8.23. The highest BCUT2D eigenvalue weighted by molar-refractivity contribution is 5.96. The van der Waals surface area contributed by atoms with Crippen LogP contribution < -0.4 is 10.6 Å². The van der Waals surface area contributed by atoms with Gasteiger partial charge in [0.2, 0.25) is 5.91 Å². The van der Waals surface area contributed by atoms with Gasteiger partial charge in [0.15, 0.2) is 0 Å². The molecule has 0 aliphatic carbocycles. The van der Waals surface area contributed by atoms with Crippen molar-refractivity contribution >= 4 is 11.8 Å². The second-order valence-corrected chi connectivity index (χ2v) is 8.23. The van der Waals surface area contributed by atoms with E-state index in [0.29, 0.717) is 5.56 Å². The van der Waals surface area contributed by atoms with Crippen LogP contribution in [0.15, 0.2) is 18.2 Å². The molecule has 0 radical (unpaired) electrons. The molecule has 4 nitrogen and oxygen atoms in total. The zero-order chi connectivity index (χ0) is 17.8. The first kappa shape index (κ1) is 19.2. The number of carbonyl (C=O) groups excluding carboxylic acids is 2. The van der Waals surface area contributed by atoms with Gasteiger partial charge >= 0.3 is 0 Å². The van der Waals surface area contributed by atoms with E-state index in [-0.39, 0.29) is 29.3 Å². The Kier molecular flexibility index (Phi) is 5.98. The van der Waals surface area contributed by atoms with Crippen LogP contribution in [0.25, 0.3) is 0 Å². The molecule has 0 bridgehead atoms. The summed E-state index contributed by atoms with van der Waals surface area (Å²) in [5, 5.41) is 5.68. The van der Waals surface area contributed by atoms with E-state index in [4.69, 9.17) is 0 Å². The zero-order valence-corrected chi connectivity index (χ0v) is 15.5. The van der Waals surface area contributed by atoms with Crippen LogP contribution in [0.4, 0.5) is 0 Å². The largest absolute Gasteiger partial charge is 0.350 e. The van der Waals surface area contributed by atoms with E-state index < -0.39 is 0 Å². The molecule has 2 N–H and O–H groups in total. The lowest BCUT2D eigenvalue weighted by atomic mass is 9.82. The van der Waals surface area contributed by atoms with E-state index in [9.17, 15) is 9.59 Å². The van der Waals surface area contributed by atoms with Gasteiger partial charge in [-0.1, -0.05) is 38.0 Å². The van der Waals surface area contributed by atoms with E-state index >= 15 is 0 Å². The summed E-state index contributed by atoms with van der Waals surface area (Å²) >= 11 is 0. The molecule has 0 spiro atoms. The van der Waals surface area contributed by atoms with Gasteiger partial charge in [-0.2, -0.15) is 0 Å². The minimum absolute atomic E-state index is 0.0145. The van der Waals surface area contributed by atoms with Crippen LogP contribution >= 0.6 is 0 Å². The highest BCUT2D eigenvalue weighted by Gasteiger charge is 2.26. The van der Waals surface area contributed by atoms with Gasteiger partial charge < -0.3 is 10.6 Å². The van der Waals surface area contributed by atoms with Crippen LogP contribution in [0.5, 0.6) is 0 Å². The minimum Gasteiger partial charge on any atom is -0.350 e. The first-order valence-corrected chi connectivity index (χ1v) is 8.05. The standard InChI is InChI=1S/C19H30N2O2/c1-13-8-14(2)10-15(9-13)17(23)20-11-16(22)21-19(6,7)12-18(3,4)5/h8-10H,11-12H2,1-7H3,(H,20,23)(H,21,22). The lowest BCUT2D eigenvalue weighted by Crippen LogP contribution is -2.49. The topological polar surface area (TPSA) is 58.2 Å². The third kappa shape index (κ3) is 7.31. The summed E-state index contributed by atoms with van der Waals surface area (Å²) in [5.41, 5.74) is 2.47. The summed E-state index contributed by atoms with van der Waals surface area (Å²) in [6.07, 6.45) is 0.858. The van der Waals surface area contributed by atoms with Gasteiger partial charge in [0.1, 0.15) is 0 Å². The summed E-state index contributed by atoms with van der Waals surface area (Å²) in [5.74, 6) is -0.391. The average molecular weight is 318 g/mol.